The number of hydrogen-bond acceptors (Lipinski definition) is 6. The van der Waals surface area contributed by atoms with Crippen molar-refractivity contribution in [1.29, 1.82) is 0 Å². The van der Waals surface area contributed by atoms with Crippen molar-refractivity contribution in [2.24, 2.45) is 5.92 Å². The zero-order valence-corrected chi connectivity index (χ0v) is 23.1. The minimum absolute atomic E-state index is 0.0340. The Bertz CT molecular complexity index is 1450. The minimum Gasteiger partial charge on any atom is -0.444 e. The van der Waals surface area contributed by atoms with Gasteiger partial charge in [-0.05, 0) is 87.8 Å². The molecular formula is C30H31F3N4O4. The largest absolute Gasteiger partial charge is 0.444 e. The molecule has 3 atom stereocenters. The summed E-state index contributed by atoms with van der Waals surface area (Å²) in [7, 11) is 0. The maximum Gasteiger partial charge on any atom is 0.407 e. The lowest BCUT2D eigenvalue weighted by molar-refractivity contribution is 0.0482. The first-order valence-electron chi connectivity index (χ1n) is 13.2. The predicted octanol–water partition coefficient (Wildman–Crippen LogP) is 6.42. The van der Waals surface area contributed by atoms with Crippen molar-refractivity contribution in [3.63, 3.8) is 0 Å². The molecule has 1 fully saturated rings. The second-order valence-electron chi connectivity index (χ2n) is 11.3. The average Bonchev–Trinajstić information content (AvgIpc) is 2.88. The summed E-state index contributed by atoms with van der Waals surface area (Å²) in [6.07, 6.45) is 5.02. The maximum absolute atomic E-state index is 14.6. The summed E-state index contributed by atoms with van der Waals surface area (Å²) < 4.78 is 49.2. The Morgan fingerprint density at radius 2 is 1.73 bits per heavy atom. The van der Waals surface area contributed by atoms with Gasteiger partial charge in [0.25, 0.3) is 5.91 Å². The number of carbonyl (C=O) groups excluding carboxylic acids is 3. The fourth-order valence-corrected chi connectivity index (χ4v) is 5.13. The van der Waals surface area contributed by atoms with E-state index in [9.17, 15) is 27.6 Å². The number of amides is 2. The summed E-state index contributed by atoms with van der Waals surface area (Å²) in [6, 6.07) is 5.15. The number of alkyl carbamates (subject to hydrolysis) is 1. The average molecular weight is 569 g/mol. The van der Waals surface area contributed by atoms with E-state index < -0.39 is 46.3 Å². The fourth-order valence-electron chi connectivity index (χ4n) is 5.13. The molecule has 1 aromatic carbocycles. The number of carbonyl (C=O) groups is 3. The van der Waals surface area contributed by atoms with Crippen molar-refractivity contribution in [2.75, 3.05) is 5.32 Å². The summed E-state index contributed by atoms with van der Waals surface area (Å²) in [5.41, 5.74) is -1.47. The third-order valence-corrected chi connectivity index (χ3v) is 6.72. The first-order valence-corrected chi connectivity index (χ1v) is 13.2. The van der Waals surface area contributed by atoms with Gasteiger partial charge >= 0.3 is 6.09 Å². The van der Waals surface area contributed by atoms with E-state index in [4.69, 9.17) is 4.74 Å². The Kier molecular flexibility index (Phi) is 8.74. The molecule has 2 amide bonds. The van der Waals surface area contributed by atoms with E-state index in [1.165, 1.54) is 6.20 Å². The molecule has 2 unspecified atom stereocenters. The Hall–Kier alpha value is -4.28. The van der Waals surface area contributed by atoms with Crippen LogP contribution >= 0.6 is 0 Å². The van der Waals surface area contributed by atoms with E-state index in [1.54, 1.807) is 33.0 Å². The van der Waals surface area contributed by atoms with Crippen LogP contribution in [0.2, 0.25) is 0 Å². The van der Waals surface area contributed by atoms with Crippen LogP contribution in [0.3, 0.4) is 0 Å². The van der Waals surface area contributed by atoms with Gasteiger partial charge in [0.1, 0.15) is 40.7 Å². The summed E-state index contributed by atoms with van der Waals surface area (Å²) in [6.45, 7) is 7.46. The maximum atomic E-state index is 14.6. The molecule has 41 heavy (non-hydrogen) atoms. The van der Waals surface area contributed by atoms with E-state index in [-0.39, 0.29) is 35.4 Å². The highest BCUT2D eigenvalue weighted by Gasteiger charge is 2.31. The van der Waals surface area contributed by atoms with Crippen molar-refractivity contribution < 1.29 is 32.3 Å². The number of rotatable bonds is 6. The zero-order valence-electron chi connectivity index (χ0n) is 23.1. The van der Waals surface area contributed by atoms with Gasteiger partial charge in [-0.15, -0.1) is 0 Å². The molecule has 1 aliphatic rings. The molecular weight excluding hydrogens is 537 g/mol. The number of benzene rings is 1. The Morgan fingerprint density at radius 3 is 2.39 bits per heavy atom. The number of aldehydes is 1. The van der Waals surface area contributed by atoms with Gasteiger partial charge in [-0.25, -0.2) is 22.9 Å². The van der Waals surface area contributed by atoms with Crippen LogP contribution in [0, 0.1) is 23.4 Å². The van der Waals surface area contributed by atoms with Crippen molar-refractivity contribution >= 4 is 24.0 Å². The molecule has 2 heterocycles. The van der Waals surface area contributed by atoms with Crippen LogP contribution in [0.1, 0.15) is 79.3 Å². The second kappa shape index (κ2) is 12.1. The molecule has 11 heteroatoms. The monoisotopic (exact) mass is 568 g/mol. The normalized spacial score (nSPS) is 18.9. The molecule has 0 aliphatic heterocycles. The van der Waals surface area contributed by atoms with Crippen molar-refractivity contribution in [3.8, 4) is 11.3 Å². The SMILES string of the molecule is C[C@@H]1CC(NC(=O)OC(C)(C)C)CC(c2ccncc2NC(=O)c2ccc(F)c(-c3c(F)cc(C=O)cc3F)n2)C1. The van der Waals surface area contributed by atoms with E-state index in [0.717, 1.165) is 42.7 Å². The van der Waals surface area contributed by atoms with Crippen LogP contribution in [0.5, 0.6) is 0 Å². The number of hydrogen-bond donors (Lipinski definition) is 2. The van der Waals surface area contributed by atoms with Crippen LogP contribution in [-0.4, -0.2) is 39.9 Å². The molecule has 8 nitrogen and oxygen atoms in total. The quantitative estimate of drug-likeness (QED) is 0.332. The third-order valence-electron chi connectivity index (χ3n) is 6.72. The highest BCUT2D eigenvalue weighted by atomic mass is 19.1. The van der Waals surface area contributed by atoms with Crippen LogP contribution < -0.4 is 10.6 Å². The molecule has 2 N–H and O–H groups in total. The molecule has 0 spiro atoms. The molecule has 3 aromatic rings. The molecule has 1 aliphatic carbocycles. The second-order valence-corrected chi connectivity index (χ2v) is 11.3. The van der Waals surface area contributed by atoms with E-state index >= 15 is 0 Å². The first kappa shape index (κ1) is 29.7. The summed E-state index contributed by atoms with van der Waals surface area (Å²) >= 11 is 0. The van der Waals surface area contributed by atoms with Gasteiger partial charge < -0.3 is 15.4 Å². The standard InChI is InChI=1S/C30H31F3N4O4/c1-16-9-18(13-19(10-16)35-29(40)41-30(2,3)4)20-7-8-34-14-25(20)37-28(39)24-6-5-21(31)27(36-24)26-22(32)11-17(15-38)12-23(26)33/h5-8,11-12,14-16,18-19H,9-10,13H2,1-4H3,(H,35,40)(H,37,39)/t16-,18?,19?/m0/s1. The fraction of sp³-hybridized carbons (Fsp3) is 0.367. The summed E-state index contributed by atoms with van der Waals surface area (Å²) in [5.74, 6) is -3.92. The first-order chi connectivity index (χ1) is 19.3. The van der Waals surface area contributed by atoms with Crippen LogP contribution in [0.4, 0.5) is 23.7 Å². The lowest BCUT2D eigenvalue weighted by atomic mass is 9.76. The molecule has 0 saturated heterocycles. The lowest BCUT2D eigenvalue weighted by Crippen LogP contribution is -2.42. The zero-order chi connectivity index (χ0) is 29.9. The van der Waals surface area contributed by atoms with Crippen molar-refractivity contribution in [3.05, 3.63) is 77.0 Å². The molecule has 1 saturated carbocycles. The predicted molar refractivity (Wildman–Crippen MR) is 146 cm³/mol. The van der Waals surface area contributed by atoms with Gasteiger partial charge in [0, 0.05) is 17.8 Å². The Labute approximate surface area is 235 Å². The van der Waals surface area contributed by atoms with Gasteiger partial charge in [-0.1, -0.05) is 6.92 Å². The molecule has 0 bridgehead atoms. The topological polar surface area (TPSA) is 110 Å². The number of nitrogens with one attached hydrogen (secondary N) is 2. The van der Waals surface area contributed by atoms with Gasteiger partial charge in [-0.3, -0.25) is 14.6 Å². The smallest absolute Gasteiger partial charge is 0.407 e. The number of halogens is 3. The van der Waals surface area contributed by atoms with Crippen LogP contribution in [0.25, 0.3) is 11.3 Å². The van der Waals surface area contributed by atoms with Crippen molar-refractivity contribution in [1.82, 2.24) is 15.3 Å². The third kappa shape index (κ3) is 7.27. The van der Waals surface area contributed by atoms with Gasteiger partial charge in [0.2, 0.25) is 0 Å². The van der Waals surface area contributed by atoms with Crippen LogP contribution in [0.15, 0.2) is 42.7 Å². The van der Waals surface area contributed by atoms with Gasteiger partial charge in [0.05, 0.1) is 17.4 Å². The number of aromatic nitrogens is 2. The van der Waals surface area contributed by atoms with E-state index in [2.05, 4.69) is 27.5 Å². The minimum atomic E-state index is -1.19. The molecule has 2 aromatic heterocycles. The molecule has 216 valence electrons. The summed E-state index contributed by atoms with van der Waals surface area (Å²) in [4.78, 5) is 44.5. The highest BCUT2D eigenvalue weighted by Crippen LogP contribution is 2.39. The lowest BCUT2D eigenvalue weighted by Gasteiger charge is -2.35. The van der Waals surface area contributed by atoms with Gasteiger partial charge in [0.15, 0.2) is 0 Å². The van der Waals surface area contributed by atoms with Crippen LogP contribution in [-0.2, 0) is 4.74 Å². The molecule has 0 radical (unpaired) electrons. The van der Waals surface area contributed by atoms with Gasteiger partial charge in [-0.2, -0.15) is 0 Å². The Balaban J connectivity index is 1.57. The highest BCUT2D eigenvalue weighted by molar-refractivity contribution is 6.03. The van der Waals surface area contributed by atoms with E-state index in [0.29, 0.717) is 12.1 Å². The summed E-state index contributed by atoms with van der Waals surface area (Å²) in [5, 5.41) is 5.68. The van der Waals surface area contributed by atoms with E-state index in [1.807, 2.05) is 0 Å². The number of pyridine rings is 2. The Morgan fingerprint density at radius 1 is 1.02 bits per heavy atom. The van der Waals surface area contributed by atoms with Crippen molar-refractivity contribution in [2.45, 2.75) is 64.5 Å². The number of anilines is 1. The number of nitrogens with zero attached hydrogens (tertiary/aromatic N) is 2. The molecule has 4 rings (SSSR count). The number of ether oxygens (including phenoxy) is 1.